The molecule has 1 saturated heterocycles. The summed E-state index contributed by atoms with van der Waals surface area (Å²) < 4.78 is 13.5. The summed E-state index contributed by atoms with van der Waals surface area (Å²) in [6.07, 6.45) is 0. The lowest BCUT2D eigenvalue weighted by molar-refractivity contribution is -0.171. The van der Waals surface area contributed by atoms with E-state index in [2.05, 4.69) is 5.43 Å². The molecular formula is C23H19ClN4O6. The van der Waals surface area contributed by atoms with E-state index >= 15 is 0 Å². The normalized spacial score (nSPS) is 19.2. The van der Waals surface area contributed by atoms with Crippen molar-refractivity contribution >= 4 is 23.4 Å². The summed E-state index contributed by atoms with van der Waals surface area (Å²) in [4.78, 5) is 13.4. The third-order valence-corrected chi connectivity index (χ3v) is 6.27. The highest BCUT2D eigenvalue weighted by molar-refractivity contribution is 6.13. The third kappa shape index (κ3) is 3.08. The number of hydrogen-bond donors (Lipinski definition) is 4. The molecule has 3 aliphatic rings. The van der Waals surface area contributed by atoms with Crippen LogP contribution in [0.5, 0.6) is 23.0 Å². The molecule has 0 amide bonds. The Bertz CT molecular complexity index is 1270. The van der Waals surface area contributed by atoms with Gasteiger partial charge in [-0.3, -0.25) is 0 Å². The van der Waals surface area contributed by atoms with E-state index in [1.807, 2.05) is 0 Å². The molecule has 0 atom stereocenters. The molecule has 3 aromatic carbocycles. The number of fused-ring (bicyclic) bond motifs is 6. The number of aromatic hydroxyl groups is 2. The first-order valence-electron chi connectivity index (χ1n) is 10.4. The molecule has 4 N–H and O–H groups in total. The maximum Gasteiger partial charge on any atom is 0.342 e. The standard InChI is InChI=1S/C23H19ClN4O6/c24-26-10-27(12-28(32)11-26)25-18-3-1-2-17-21(18)22(31)34-23(17)15-6-4-13(29)8-19(15)33-20-9-14(30)5-7-16(20)23/h1-9,25,29-30,32H,10-12H2. The number of nitrogens with zero attached hydrogens (tertiary/aromatic N) is 3. The Morgan fingerprint density at radius 2 is 1.59 bits per heavy atom. The van der Waals surface area contributed by atoms with Crippen LogP contribution in [0.15, 0.2) is 54.6 Å². The number of hydrazine groups is 1. The average Bonchev–Trinajstić information content (AvgIpc) is 3.06. The van der Waals surface area contributed by atoms with Crippen LogP contribution in [0.1, 0.15) is 27.0 Å². The molecule has 3 aromatic rings. The van der Waals surface area contributed by atoms with Crippen molar-refractivity contribution in [3.63, 3.8) is 0 Å². The van der Waals surface area contributed by atoms with Crippen LogP contribution in [0.25, 0.3) is 0 Å². The second-order valence-corrected chi connectivity index (χ2v) is 8.78. The van der Waals surface area contributed by atoms with E-state index in [-0.39, 0.29) is 24.8 Å². The van der Waals surface area contributed by atoms with Gasteiger partial charge in [0.1, 0.15) is 23.0 Å². The lowest BCUT2D eigenvalue weighted by Crippen LogP contribution is -2.52. The number of nitrogens with one attached hydrogen (secondary N) is 1. The van der Waals surface area contributed by atoms with Crippen LogP contribution in [0.3, 0.4) is 0 Å². The zero-order chi connectivity index (χ0) is 23.6. The van der Waals surface area contributed by atoms with E-state index in [0.717, 1.165) is 5.06 Å². The summed E-state index contributed by atoms with van der Waals surface area (Å²) in [5.41, 5.74) is 4.26. The first-order chi connectivity index (χ1) is 16.3. The number of phenolic OH excluding ortho intramolecular Hbond substituents is 2. The van der Waals surface area contributed by atoms with Crippen LogP contribution < -0.4 is 10.2 Å². The van der Waals surface area contributed by atoms with Gasteiger partial charge < -0.3 is 30.3 Å². The van der Waals surface area contributed by atoms with Gasteiger partial charge in [-0.15, -0.1) is 0 Å². The lowest BCUT2D eigenvalue weighted by Gasteiger charge is -2.37. The van der Waals surface area contributed by atoms with Crippen molar-refractivity contribution in [2.75, 3.05) is 25.4 Å². The fourth-order valence-electron chi connectivity index (χ4n) is 4.77. The molecule has 10 nitrogen and oxygen atoms in total. The summed E-state index contributed by atoms with van der Waals surface area (Å²) in [6.45, 7) is 0.622. The fourth-order valence-corrected chi connectivity index (χ4v) is 5.03. The SMILES string of the molecule is O=C1OC2(c3ccc(O)cc3Oc3cc(O)ccc32)c2cccc(NN3CN(O)CN(Cl)C3)c21. The van der Waals surface area contributed by atoms with Gasteiger partial charge in [0.25, 0.3) is 0 Å². The van der Waals surface area contributed by atoms with Crippen molar-refractivity contribution < 1.29 is 29.7 Å². The van der Waals surface area contributed by atoms with Gasteiger partial charge in [0.15, 0.2) is 5.60 Å². The second-order valence-electron chi connectivity index (χ2n) is 8.31. The topological polar surface area (TPSA) is 118 Å². The van der Waals surface area contributed by atoms with Gasteiger partial charge in [0.2, 0.25) is 0 Å². The highest BCUT2D eigenvalue weighted by Gasteiger charge is 2.54. The Morgan fingerprint density at radius 1 is 0.912 bits per heavy atom. The van der Waals surface area contributed by atoms with Crippen molar-refractivity contribution in [1.29, 1.82) is 0 Å². The maximum atomic E-state index is 13.4. The number of hydrogen-bond acceptors (Lipinski definition) is 10. The summed E-state index contributed by atoms with van der Waals surface area (Å²) >= 11 is 6.08. The highest BCUT2D eigenvalue weighted by atomic mass is 35.5. The number of phenols is 2. The van der Waals surface area contributed by atoms with Crippen LogP contribution >= 0.6 is 11.8 Å². The molecular weight excluding hydrogens is 464 g/mol. The van der Waals surface area contributed by atoms with E-state index in [0.29, 0.717) is 46.1 Å². The fraction of sp³-hybridized carbons (Fsp3) is 0.174. The summed E-state index contributed by atoms with van der Waals surface area (Å²) in [7, 11) is 0. The molecule has 3 aliphatic heterocycles. The molecule has 11 heteroatoms. The minimum atomic E-state index is -1.35. The number of esters is 1. The smallest absolute Gasteiger partial charge is 0.342 e. The van der Waals surface area contributed by atoms with Crippen molar-refractivity contribution in [2.45, 2.75) is 5.60 Å². The molecule has 174 valence electrons. The Balaban J connectivity index is 1.53. The molecule has 0 aromatic heterocycles. The van der Waals surface area contributed by atoms with Crippen molar-refractivity contribution in [1.82, 2.24) is 14.5 Å². The number of carbonyl (C=O) groups excluding carboxylic acids is 1. The largest absolute Gasteiger partial charge is 0.508 e. The molecule has 34 heavy (non-hydrogen) atoms. The Hall–Kier alpha value is -3.54. The predicted molar refractivity (Wildman–Crippen MR) is 119 cm³/mol. The minimum Gasteiger partial charge on any atom is -0.508 e. The summed E-state index contributed by atoms with van der Waals surface area (Å²) in [5.74, 6) is 0.0332. The minimum absolute atomic E-state index is 0.0123. The molecule has 0 bridgehead atoms. The van der Waals surface area contributed by atoms with Gasteiger partial charge in [-0.2, -0.15) is 14.5 Å². The van der Waals surface area contributed by atoms with Crippen molar-refractivity contribution in [3.8, 4) is 23.0 Å². The van der Waals surface area contributed by atoms with Gasteiger partial charge in [-0.25, -0.2) is 4.79 Å². The third-order valence-electron chi connectivity index (χ3n) is 6.06. The number of anilines is 1. The second kappa shape index (κ2) is 7.49. The zero-order valence-electron chi connectivity index (χ0n) is 17.6. The van der Waals surface area contributed by atoms with E-state index in [9.17, 15) is 20.2 Å². The molecule has 3 heterocycles. The van der Waals surface area contributed by atoms with Gasteiger partial charge in [0.05, 0.1) is 31.3 Å². The summed E-state index contributed by atoms with van der Waals surface area (Å²) in [6, 6.07) is 14.5. The van der Waals surface area contributed by atoms with Crippen molar-refractivity contribution in [2.24, 2.45) is 0 Å². The monoisotopic (exact) mass is 482 g/mol. The number of rotatable bonds is 2. The highest BCUT2D eigenvalue weighted by Crippen LogP contribution is 2.57. The van der Waals surface area contributed by atoms with Crippen LogP contribution in [0.4, 0.5) is 5.69 Å². The van der Waals surface area contributed by atoms with Crippen molar-refractivity contribution in [3.05, 3.63) is 76.9 Å². The molecule has 0 saturated carbocycles. The number of benzene rings is 3. The first-order valence-corrected chi connectivity index (χ1v) is 10.8. The van der Waals surface area contributed by atoms with Crippen LogP contribution in [-0.2, 0) is 10.3 Å². The van der Waals surface area contributed by atoms with Gasteiger partial charge in [0, 0.05) is 28.8 Å². The first kappa shape index (κ1) is 21.0. The predicted octanol–water partition coefficient (Wildman–Crippen LogP) is 3.33. The quantitative estimate of drug-likeness (QED) is 0.320. The van der Waals surface area contributed by atoms with E-state index in [1.165, 1.54) is 28.7 Å². The average molecular weight is 483 g/mol. The maximum absolute atomic E-state index is 13.4. The summed E-state index contributed by atoms with van der Waals surface area (Å²) in [5, 5.41) is 32.7. The molecule has 1 spiro atoms. The van der Waals surface area contributed by atoms with Crippen LogP contribution in [0, 0.1) is 0 Å². The number of ether oxygens (including phenoxy) is 2. The Labute approximate surface area is 198 Å². The lowest BCUT2D eigenvalue weighted by atomic mass is 9.77. The van der Waals surface area contributed by atoms with Gasteiger partial charge >= 0.3 is 5.97 Å². The van der Waals surface area contributed by atoms with E-state index < -0.39 is 11.6 Å². The Kier molecular flexibility index (Phi) is 4.63. The number of hydroxylamine groups is 2. The van der Waals surface area contributed by atoms with Crippen LogP contribution in [0.2, 0.25) is 0 Å². The molecule has 0 unspecified atom stereocenters. The van der Waals surface area contributed by atoms with Crippen LogP contribution in [-0.4, -0.2) is 55.9 Å². The van der Waals surface area contributed by atoms with Gasteiger partial charge in [-0.1, -0.05) is 12.1 Å². The Morgan fingerprint density at radius 3 is 2.24 bits per heavy atom. The van der Waals surface area contributed by atoms with E-state index in [1.54, 1.807) is 35.3 Å². The zero-order valence-corrected chi connectivity index (χ0v) is 18.4. The van der Waals surface area contributed by atoms with Gasteiger partial charge in [-0.05, 0) is 42.1 Å². The number of carbonyl (C=O) groups is 1. The molecule has 1 fully saturated rings. The molecule has 0 aliphatic carbocycles. The molecule has 0 radical (unpaired) electrons. The number of halogens is 1. The molecule has 6 rings (SSSR count). The van der Waals surface area contributed by atoms with E-state index in [4.69, 9.17) is 21.3 Å².